The molecule has 0 amide bonds. The average molecular weight is 204 g/mol. The third kappa shape index (κ3) is 1.85. The van der Waals surface area contributed by atoms with E-state index in [1.807, 2.05) is 13.8 Å². The van der Waals surface area contributed by atoms with Gasteiger partial charge in [-0.25, -0.2) is 0 Å². The van der Waals surface area contributed by atoms with E-state index in [-0.39, 0.29) is 0 Å². The van der Waals surface area contributed by atoms with Crippen LogP contribution in [0.1, 0.15) is 25.3 Å². The summed E-state index contributed by atoms with van der Waals surface area (Å²) in [5, 5.41) is 1.30. The van der Waals surface area contributed by atoms with Crippen LogP contribution in [0.2, 0.25) is 10.0 Å². The first-order valence-corrected chi connectivity index (χ1v) is 4.52. The topological polar surface area (TPSA) is 26.0 Å². The lowest BCUT2D eigenvalue weighted by atomic mass is 10.0. The van der Waals surface area contributed by atoms with Gasteiger partial charge in [0.05, 0.1) is 0 Å². The van der Waals surface area contributed by atoms with Crippen molar-refractivity contribution in [2.45, 2.75) is 19.8 Å². The van der Waals surface area contributed by atoms with Gasteiger partial charge in [-0.2, -0.15) is 0 Å². The van der Waals surface area contributed by atoms with E-state index in [1.54, 1.807) is 12.1 Å². The maximum atomic E-state index is 5.97. The van der Waals surface area contributed by atoms with Crippen molar-refractivity contribution in [1.29, 1.82) is 0 Å². The lowest BCUT2D eigenvalue weighted by Gasteiger charge is -2.10. The molecule has 0 aliphatic carbocycles. The van der Waals surface area contributed by atoms with Crippen molar-refractivity contribution < 1.29 is 0 Å². The van der Waals surface area contributed by atoms with Gasteiger partial charge < -0.3 is 5.73 Å². The molecule has 0 aliphatic heterocycles. The zero-order valence-corrected chi connectivity index (χ0v) is 8.58. The Morgan fingerprint density at radius 3 is 1.92 bits per heavy atom. The summed E-state index contributed by atoms with van der Waals surface area (Å²) in [5.41, 5.74) is 7.13. The van der Waals surface area contributed by atoms with Gasteiger partial charge in [0.15, 0.2) is 0 Å². The minimum absolute atomic E-state index is 0.325. The number of nitrogen functional groups attached to an aromatic ring is 1. The van der Waals surface area contributed by atoms with E-state index in [9.17, 15) is 0 Å². The second-order valence-corrected chi connectivity index (χ2v) is 3.87. The minimum atomic E-state index is 0.325. The molecule has 0 radical (unpaired) electrons. The van der Waals surface area contributed by atoms with Crippen molar-refractivity contribution in [3.63, 3.8) is 0 Å². The van der Waals surface area contributed by atoms with E-state index >= 15 is 0 Å². The lowest BCUT2D eigenvalue weighted by Crippen LogP contribution is -1.93. The molecule has 0 unspecified atom stereocenters. The summed E-state index contributed by atoms with van der Waals surface area (Å²) in [6.07, 6.45) is 0. The second-order valence-electron chi connectivity index (χ2n) is 3.05. The standard InChI is InChI=1S/C9H11Cl2N/c1-5(2)9-7(10)3-6(12)4-8(9)11/h3-5H,12H2,1-2H3. The number of nitrogens with two attached hydrogens (primary N) is 1. The Kier molecular flexibility index (Phi) is 2.86. The normalized spacial score (nSPS) is 10.8. The summed E-state index contributed by atoms with van der Waals surface area (Å²) in [6, 6.07) is 3.45. The molecule has 0 bridgehead atoms. The van der Waals surface area contributed by atoms with Crippen LogP contribution in [0.4, 0.5) is 5.69 Å². The third-order valence-electron chi connectivity index (χ3n) is 1.68. The Hall–Kier alpha value is -0.400. The van der Waals surface area contributed by atoms with Gasteiger partial charge in [0.1, 0.15) is 0 Å². The van der Waals surface area contributed by atoms with E-state index in [4.69, 9.17) is 28.9 Å². The van der Waals surface area contributed by atoms with Crippen LogP contribution in [-0.2, 0) is 0 Å². The van der Waals surface area contributed by atoms with E-state index in [0.717, 1.165) is 5.56 Å². The SMILES string of the molecule is CC(C)c1c(Cl)cc(N)cc1Cl. The Morgan fingerprint density at radius 2 is 1.58 bits per heavy atom. The predicted octanol–water partition coefficient (Wildman–Crippen LogP) is 3.70. The molecule has 1 aromatic carbocycles. The summed E-state index contributed by atoms with van der Waals surface area (Å²) >= 11 is 11.9. The van der Waals surface area contributed by atoms with Crippen LogP contribution in [0.15, 0.2) is 12.1 Å². The predicted molar refractivity (Wildman–Crippen MR) is 55.0 cm³/mol. The van der Waals surface area contributed by atoms with Gasteiger partial charge in [-0.15, -0.1) is 0 Å². The molecule has 0 aromatic heterocycles. The number of rotatable bonds is 1. The van der Waals surface area contributed by atoms with Gasteiger partial charge >= 0.3 is 0 Å². The Morgan fingerprint density at radius 1 is 1.17 bits per heavy atom. The van der Waals surface area contributed by atoms with Gasteiger partial charge in [-0.1, -0.05) is 37.0 Å². The summed E-state index contributed by atoms with van der Waals surface area (Å²) in [4.78, 5) is 0. The maximum Gasteiger partial charge on any atom is 0.0475 e. The molecule has 0 fully saturated rings. The molecule has 2 N–H and O–H groups in total. The fraction of sp³-hybridized carbons (Fsp3) is 0.333. The summed E-state index contributed by atoms with van der Waals surface area (Å²) in [5.74, 6) is 0.325. The highest BCUT2D eigenvalue weighted by molar-refractivity contribution is 6.36. The van der Waals surface area contributed by atoms with Crippen LogP contribution in [0.25, 0.3) is 0 Å². The van der Waals surface area contributed by atoms with Crippen molar-refractivity contribution in [2.75, 3.05) is 5.73 Å². The highest BCUT2D eigenvalue weighted by Crippen LogP contribution is 2.33. The van der Waals surface area contributed by atoms with Crippen LogP contribution in [0.5, 0.6) is 0 Å². The zero-order chi connectivity index (χ0) is 9.30. The summed E-state index contributed by atoms with van der Waals surface area (Å²) in [7, 11) is 0. The maximum absolute atomic E-state index is 5.97. The van der Waals surface area contributed by atoms with E-state index in [0.29, 0.717) is 21.7 Å². The van der Waals surface area contributed by atoms with Crippen molar-refractivity contribution in [2.24, 2.45) is 0 Å². The van der Waals surface area contributed by atoms with Crippen molar-refractivity contribution >= 4 is 28.9 Å². The van der Waals surface area contributed by atoms with Gasteiger partial charge in [-0.05, 0) is 23.6 Å². The third-order valence-corrected chi connectivity index (χ3v) is 2.30. The number of benzene rings is 1. The molecule has 0 saturated carbocycles. The molecule has 0 saturated heterocycles. The molecule has 1 aromatic rings. The highest BCUT2D eigenvalue weighted by Gasteiger charge is 2.10. The fourth-order valence-corrected chi connectivity index (χ4v) is 2.10. The highest BCUT2D eigenvalue weighted by atomic mass is 35.5. The quantitative estimate of drug-likeness (QED) is 0.693. The summed E-state index contributed by atoms with van der Waals surface area (Å²) in [6.45, 7) is 4.09. The van der Waals surface area contributed by atoms with Gasteiger partial charge in [0.25, 0.3) is 0 Å². The largest absolute Gasteiger partial charge is 0.399 e. The van der Waals surface area contributed by atoms with E-state index < -0.39 is 0 Å². The Bertz CT molecular complexity index is 272. The van der Waals surface area contributed by atoms with Crippen LogP contribution in [-0.4, -0.2) is 0 Å². The van der Waals surface area contributed by atoms with Crippen LogP contribution >= 0.6 is 23.2 Å². The van der Waals surface area contributed by atoms with E-state index in [2.05, 4.69) is 0 Å². The number of hydrogen-bond acceptors (Lipinski definition) is 1. The lowest BCUT2D eigenvalue weighted by molar-refractivity contribution is 0.867. The van der Waals surface area contributed by atoms with Crippen LogP contribution < -0.4 is 5.73 Å². The first-order chi connectivity index (χ1) is 5.52. The van der Waals surface area contributed by atoms with Crippen molar-refractivity contribution in [3.05, 3.63) is 27.7 Å². The minimum Gasteiger partial charge on any atom is -0.399 e. The van der Waals surface area contributed by atoms with E-state index in [1.165, 1.54) is 0 Å². The molecule has 0 spiro atoms. The number of halogens is 2. The molecule has 12 heavy (non-hydrogen) atoms. The molecule has 0 atom stereocenters. The van der Waals surface area contributed by atoms with Crippen LogP contribution in [0.3, 0.4) is 0 Å². The van der Waals surface area contributed by atoms with Gasteiger partial charge in [0, 0.05) is 15.7 Å². The van der Waals surface area contributed by atoms with Gasteiger partial charge in [-0.3, -0.25) is 0 Å². The first kappa shape index (κ1) is 9.69. The first-order valence-electron chi connectivity index (χ1n) is 3.76. The molecule has 0 aliphatic rings. The molecular formula is C9H11Cl2N. The summed E-state index contributed by atoms with van der Waals surface area (Å²) < 4.78 is 0. The molecule has 1 nitrogen and oxygen atoms in total. The Labute approximate surface area is 82.5 Å². The zero-order valence-electron chi connectivity index (χ0n) is 7.07. The molecule has 0 heterocycles. The second kappa shape index (κ2) is 3.55. The molecule has 1 rings (SSSR count). The van der Waals surface area contributed by atoms with Gasteiger partial charge in [0.2, 0.25) is 0 Å². The number of hydrogen-bond donors (Lipinski definition) is 1. The molecule has 3 heteroatoms. The number of anilines is 1. The van der Waals surface area contributed by atoms with Crippen molar-refractivity contribution in [3.8, 4) is 0 Å². The fourth-order valence-electron chi connectivity index (χ4n) is 1.16. The monoisotopic (exact) mass is 203 g/mol. The Balaban J connectivity index is 3.28. The molecular weight excluding hydrogens is 193 g/mol. The van der Waals surface area contributed by atoms with Crippen LogP contribution in [0, 0.1) is 0 Å². The molecule has 66 valence electrons. The smallest absolute Gasteiger partial charge is 0.0475 e. The average Bonchev–Trinajstić information content (AvgIpc) is 1.82. The van der Waals surface area contributed by atoms with Crippen molar-refractivity contribution in [1.82, 2.24) is 0 Å².